The van der Waals surface area contributed by atoms with Gasteiger partial charge in [-0.05, 0) is 30.6 Å². The number of rotatable bonds is 4. The maximum Gasteiger partial charge on any atom is 0.225 e. The van der Waals surface area contributed by atoms with Crippen molar-refractivity contribution >= 4 is 11.8 Å². The minimum Gasteiger partial charge on any atom is -0.355 e. The molecule has 0 bridgehead atoms. The summed E-state index contributed by atoms with van der Waals surface area (Å²) < 4.78 is 0. The van der Waals surface area contributed by atoms with Crippen LogP contribution in [0.2, 0.25) is 0 Å². The topological polar surface area (TPSA) is 58.2 Å². The van der Waals surface area contributed by atoms with Crippen molar-refractivity contribution in [2.45, 2.75) is 67.7 Å². The smallest absolute Gasteiger partial charge is 0.225 e. The van der Waals surface area contributed by atoms with Gasteiger partial charge in [-0.1, -0.05) is 54.9 Å². The summed E-state index contributed by atoms with van der Waals surface area (Å²) in [6, 6.07) is 0. The van der Waals surface area contributed by atoms with E-state index in [1.165, 1.54) is 6.42 Å². The number of amides is 2. The molecule has 1 rings (SSSR count). The fourth-order valence-electron chi connectivity index (χ4n) is 2.97. The third-order valence-electron chi connectivity index (χ3n) is 4.91. The highest BCUT2D eigenvalue weighted by Gasteiger charge is 2.30. The first-order chi connectivity index (χ1) is 10.4. The van der Waals surface area contributed by atoms with E-state index in [0.29, 0.717) is 17.8 Å². The second-order valence-corrected chi connectivity index (χ2v) is 9.34. The largest absolute Gasteiger partial charge is 0.355 e. The van der Waals surface area contributed by atoms with Crippen LogP contribution in [-0.4, -0.2) is 24.9 Å². The third-order valence-corrected chi connectivity index (χ3v) is 4.91. The van der Waals surface area contributed by atoms with Crippen LogP contribution in [-0.2, 0) is 9.59 Å². The summed E-state index contributed by atoms with van der Waals surface area (Å²) in [6.45, 7) is 15.4. The molecule has 1 saturated carbocycles. The Morgan fingerprint density at radius 3 is 1.83 bits per heavy atom. The predicted octanol–water partition coefficient (Wildman–Crippen LogP) is 3.36. The van der Waals surface area contributed by atoms with Crippen molar-refractivity contribution in [1.82, 2.24) is 10.6 Å². The standard InChI is InChI=1S/C19H36N2O2/c1-13-8-9-14(11-20-16(22)18(2,3)4)10-15(13)12-21-17(23)19(5,6)7/h13-15H,8-12H2,1-7H3,(H,20,22)(H,21,23). The van der Waals surface area contributed by atoms with E-state index in [-0.39, 0.29) is 22.6 Å². The Morgan fingerprint density at radius 2 is 1.35 bits per heavy atom. The van der Waals surface area contributed by atoms with Gasteiger partial charge in [0.25, 0.3) is 0 Å². The van der Waals surface area contributed by atoms with E-state index in [4.69, 9.17) is 0 Å². The van der Waals surface area contributed by atoms with Gasteiger partial charge in [-0.25, -0.2) is 0 Å². The van der Waals surface area contributed by atoms with Gasteiger partial charge in [0.05, 0.1) is 0 Å². The maximum absolute atomic E-state index is 12.1. The Hall–Kier alpha value is -1.06. The van der Waals surface area contributed by atoms with Gasteiger partial charge < -0.3 is 10.6 Å². The van der Waals surface area contributed by atoms with Crippen LogP contribution in [0.1, 0.15) is 67.7 Å². The summed E-state index contributed by atoms with van der Waals surface area (Å²) in [5.74, 6) is 1.90. The van der Waals surface area contributed by atoms with E-state index in [1.807, 2.05) is 41.5 Å². The molecule has 23 heavy (non-hydrogen) atoms. The van der Waals surface area contributed by atoms with Crippen LogP contribution in [0.15, 0.2) is 0 Å². The van der Waals surface area contributed by atoms with Gasteiger partial charge in [-0.15, -0.1) is 0 Å². The van der Waals surface area contributed by atoms with Gasteiger partial charge >= 0.3 is 0 Å². The number of hydrogen-bond acceptors (Lipinski definition) is 2. The molecule has 0 aliphatic heterocycles. The molecule has 134 valence electrons. The molecule has 0 heterocycles. The van der Waals surface area contributed by atoms with E-state index in [9.17, 15) is 9.59 Å². The second kappa shape index (κ2) is 7.67. The lowest BCUT2D eigenvalue weighted by Crippen LogP contribution is -2.43. The van der Waals surface area contributed by atoms with Crippen LogP contribution < -0.4 is 10.6 Å². The van der Waals surface area contributed by atoms with E-state index in [0.717, 1.165) is 25.9 Å². The van der Waals surface area contributed by atoms with Crippen molar-refractivity contribution in [3.05, 3.63) is 0 Å². The minimum atomic E-state index is -0.335. The first-order valence-corrected chi connectivity index (χ1v) is 8.98. The normalized spacial score (nSPS) is 25.8. The zero-order valence-electron chi connectivity index (χ0n) is 16.1. The second-order valence-electron chi connectivity index (χ2n) is 9.34. The zero-order valence-corrected chi connectivity index (χ0v) is 16.1. The highest BCUT2D eigenvalue weighted by atomic mass is 16.2. The van der Waals surface area contributed by atoms with Gasteiger partial charge in [0.1, 0.15) is 0 Å². The molecule has 1 fully saturated rings. The lowest BCUT2D eigenvalue weighted by atomic mass is 9.74. The number of carbonyl (C=O) groups is 2. The molecule has 0 aromatic heterocycles. The van der Waals surface area contributed by atoms with Crippen molar-refractivity contribution in [3.8, 4) is 0 Å². The number of nitrogens with one attached hydrogen (secondary N) is 2. The van der Waals surface area contributed by atoms with Crippen LogP contribution >= 0.6 is 0 Å². The quantitative estimate of drug-likeness (QED) is 0.833. The van der Waals surface area contributed by atoms with Gasteiger partial charge in [0.2, 0.25) is 11.8 Å². The van der Waals surface area contributed by atoms with Crippen LogP contribution in [0.25, 0.3) is 0 Å². The number of hydrogen-bond donors (Lipinski definition) is 2. The Morgan fingerprint density at radius 1 is 0.870 bits per heavy atom. The molecule has 0 aromatic rings. The molecule has 4 heteroatoms. The Labute approximate surface area is 142 Å². The lowest BCUT2D eigenvalue weighted by Gasteiger charge is -2.35. The van der Waals surface area contributed by atoms with E-state index >= 15 is 0 Å². The molecule has 0 spiro atoms. The van der Waals surface area contributed by atoms with Crippen molar-refractivity contribution in [2.24, 2.45) is 28.6 Å². The third kappa shape index (κ3) is 6.52. The Kier molecular flexibility index (Phi) is 6.67. The summed E-state index contributed by atoms with van der Waals surface area (Å²) >= 11 is 0. The molecular formula is C19H36N2O2. The van der Waals surface area contributed by atoms with E-state index < -0.39 is 0 Å². The molecule has 2 N–H and O–H groups in total. The van der Waals surface area contributed by atoms with Crippen molar-refractivity contribution in [3.63, 3.8) is 0 Å². The van der Waals surface area contributed by atoms with Crippen molar-refractivity contribution < 1.29 is 9.59 Å². The monoisotopic (exact) mass is 324 g/mol. The van der Waals surface area contributed by atoms with Crippen LogP contribution in [0.3, 0.4) is 0 Å². The average Bonchev–Trinajstić information content (AvgIpc) is 2.42. The van der Waals surface area contributed by atoms with Crippen molar-refractivity contribution in [1.29, 1.82) is 0 Å². The molecule has 0 saturated heterocycles. The fraction of sp³-hybridized carbons (Fsp3) is 0.895. The lowest BCUT2D eigenvalue weighted by molar-refractivity contribution is -0.129. The highest BCUT2D eigenvalue weighted by molar-refractivity contribution is 5.81. The first kappa shape index (κ1) is 20.0. The number of carbonyl (C=O) groups excluding carboxylic acids is 2. The van der Waals surface area contributed by atoms with Crippen LogP contribution in [0.4, 0.5) is 0 Å². The SMILES string of the molecule is CC1CCC(CNC(=O)C(C)(C)C)CC1CNC(=O)C(C)(C)C. The van der Waals surface area contributed by atoms with E-state index in [2.05, 4.69) is 17.6 Å². The van der Waals surface area contributed by atoms with Gasteiger partial charge in [0, 0.05) is 23.9 Å². The minimum absolute atomic E-state index is 0.118. The summed E-state index contributed by atoms with van der Waals surface area (Å²) in [7, 11) is 0. The molecule has 2 amide bonds. The van der Waals surface area contributed by atoms with E-state index in [1.54, 1.807) is 0 Å². The first-order valence-electron chi connectivity index (χ1n) is 8.98. The van der Waals surface area contributed by atoms with Crippen LogP contribution in [0.5, 0.6) is 0 Å². The average molecular weight is 325 g/mol. The molecule has 1 aliphatic carbocycles. The molecule has 4 nitrogen and oxygen atoms in total. The highest BCUT2D eigenvalue weighted by Crippen LogP contribution is 2.33. The summed E-state index contributed by atoms with van der Waals surface area (Å²) in [6.07, 6.45) is 3.41. The predicted molar refractivity (Wildman–Crippen MR) is 94.9 cm³/mol. The summed E-state index contributed by atoms with van der Waals surface area (Å²) in [4.78, 5) is 24.1. The molecule has 0 radical (unpaired) electrons. The maximum atomic E-state index is 12.1. The van der Waals surface area contributed by atoms with Gasteiger partial charge in [0.15, 0.2) is 0 Å². The molecular weight excluding hydrogens is 288 g/mol. The summed E-state index contributed by atoms with van der Waals surface area (Å²) in [5, 5.41) is 6.20. The zero-order chi connectivity index (χ0) is 17.8. The Bertz CT molecular complexity index is 418. The van der Waals surface area contributed by atoms with Gasteiger partial charge in [-0.2, -0.15) is 0 Å². The Balaban J connectivity index is 2.46. The molecule has 3 atom stereocenters. The molecule has 3 unspecified atom stereocenters. The van der Waals surface area contributed by atoms with Gasteiger partial charge in [-0.3, -0.25) is 9.59 Å². The molecule has 0 aromatic carbocycles. The fourth-order valence-corrected chi connectivity index (χ4v) is 2.97. The van der Waals surface area contributed by atoms with Crippen molar-refractivity contribution in [2.75, 3.05) is 13.1 Å². The van der Waals surface area contributed by atoms with Crippen LogP contribution in [0, 0.1) is 28.6 Å². The molecule has 1 aliphatic rings. The summed E-state index contributed by atoms with van der Waals surface area (Å²) in [5.41, 5.74) is -0.667.